The summed E-state index contributed by atoms with van der Waals surface area (Å²) in [6, 6.07) is 0. The standard InChI is InChI=1S/C15H30OSi.CH3.Al/c1-15(14-17(2,3)4)12-10-8-6-5-7-9-11-13-16;;/h5-13H2,1-4H3;1H3;/q-1;;+1. The van der Waals surface area contributed by atoms with Gasteiger partial charge in [0.25, 0.3) is 0 Å². The second-order valence-electron chi connectivity index (χ2n) is 7.18. The van der Waals surface area contributed by atoms with Gasteiger partial charge in [0.05, 0.1) is 8.07 Å². The first-order chi connectivity index (χ1) is 8.93. The SMILES string of the molecule is C/C1=[C](\[Si](C)(C)C)[Al]([CH3])[O]CCCCCCCCC1. The van der Waals surface area contributed by atoms with E-state index in [0.29, 0.717) is 0 Å². The van der Waals surface area contributed by atoms with Gasteiger partial charge in [-0.3, -0.25) is 0 Å². The van der Waals surface area contributed by atoms with E-state index in [2.05, 4.69) is 32.4 Å². The average molecular weight is 297 g/mol. The van der Waals surface area contributed by atoms with Gasteiger partial charge in [-0.25, -0.2) is 0 Å². The van der Waals surface area contributed by atoms with Gasteiger partial charge in [-0.15, -0.1) is 4.06 Å². The molecule has 0 radical (unpaired) electrons. The first-order valence-electron chi connectivity index (χ1n) is 8.24. The van der Waals surface area contributed by atoms with Crippen molar-refractivity contribution in [2.24, 2.45) is 0 Å². The molecule has 0 N–H and O–H groups in total. The third kappa shape index (κ3) is 6.63. The molecule has 1 aliphatic rings. The molecule has 1 rings (SSSR count). The Morgan fingerprint density at radius 2 is 1.42 bits per heavy atom. The number of allylic oxidation sites excluding steroid dienone is 1. The van der Waals surface area contributed by atoms with Gasteiger partial charge in [-0.1, -0.05) is 63.1 Å². The fourth-order valence-electron chi connectivity index (χ4n) is 3.45. The summed E-state index contributed by atoms with van der Waals surface area (Å²) in [7, 11) is -1.20. The van der Waals surface area contributed by atoms with E-state index in [1.165, 1.54) is 51.4 Å². The molecular formula is C16H33AlOSi. The molecule has 19 heavy (non-hydrogen) atoms. The van der Waals surface area contributed by atoms with E-state index < -0.39 is 22.6 Å². The predicted molar refractivity (Wildman–Crippen MR) is 90.6 cm³/mol. The molecule has 1 aliphatic heterocycles. The van der Waals surface area contributed by atoms with Crippen molar-refractivity contribution in [3.05, 3.63) is 9.63 Å². The number of hydrogen-bond donors (Lipinski definition) is 0. The van der Waals surface area contributed by atoms with Crippen LogP contribution in [0.15, 0.2) is 9.63 Å². The molecule has 0 saturated heterocycles. The molecule has 0 aliphatic carbocycles. The Bertz CT molecular complexity index is 294. The topological polar surface area (TPSA) is 9.23 Å². The Kier molecular flexibility index (Phi) is 7.99. The van der Waals surface area contributed by atoms with Crippen LogP contribution in [0.1, 0.15) is 58.3 Å². The highest BCUT2D eigenvalue weighted by Gasteiger charge is 2.32. The largest absolute Gasteiger partial charge is 0.498 e. The van der Waals surface area contributed by atoms with E-state index >= 15 is 0 Å². The van der Waals surface area contributed by atoms with Crippen LogP contribution < -0.4 is 0 Å². The van der Waals surface area contributed by atoms with Crippen molar-refractivity contribution in [3.63, 3.8) is 0 Å². The van der Waals surface area contributed by atoms with Gasteiger partial charge in [0.1, 0.15) is 0 Å². The fourth-order valence-corrected chi connectivity index (χ4v) is 11.5. The summed E-state index contributed by atoms with van der Waals surface area (Å²) in [6.45, 7) is 10.9. The van der Waals surface area contributed by atoms with Gasteiger partial charge in [0, 0.05) is 6.61 Å². The third-order valence-electron chi connectivity index (χ3n) is 4.24. The second-order valence-corrected chi connectivity index (χ2v) is 15.0. The van der Waals surface area contributed by atoms with E-state index in [9.17, 15) is 0 Å². The van der Waals surface area contributed by atoms with Gasteiger partial charge in [-0.05, 0) is 26.2 Å². The molecule has 3 heteroatoms. The highest BCUT2D eigenvalue weighted by molar-refractivity contribution is 6.96. The van der Waals surface area contributed by atoms with Crippen LogP contribution in [0.2, 0.25) is 25.4 Å². The predicted octanol–water partition coefficient (Wildman–Crippen LogP) is 5.49. The van der Waals surface area contributed by atoms with Crippen LogP contribution in [0.4, 0.5) is 0 Å². The second kappa shape index (κ2) is 8.67. The van der Waals surface area contributed by atoms with Crippen molar-refractivity contribution in [3.8, 4) is 0 Å². The van der Waals surface area contributed by atoms with Crippen molar-refractivity contribution in [1.29, 1.82) is 0 Å². The van der Waals surface area contributed by atoms with Gasteiger partial charge in [-0.2, -0.15) is 0 Å². The summed E-state index contributed by atoms with van der Waals surface area (Å²) < 4.78 is 8.09. The first-order valence-corrected chi connectivity index (χ1v) is 13.9. The smallest absolute Gasteiger partial charge is 0.490 e. The minimum Gasteiger partial charge on any atom is -0.498 e. The lowest BCUT2D eigenvalue weighted by molar-refractivity contribution is 0.313. The van der Waals surface area contributed by atoms with Crippen LogP contribution in [-0.4, -0.2) is 29.2 Å². The molecule has 0 spiro atoms. The van der Waals surface area contributed by atoms with Gasteiger partial charge in [0.2, 0.25) is 0 Å². The normalized spacial score (nSPS) is 25.4. The molecule has 0 atom stereocenters. The summed E-state index contributed by atoms with van der Waals surface area (Å²) in [5.74, 6) is 2.41. The summed E-state index contributed by atoms with van der Waals surface area (Å²) >= 11 is -1.12. The fraction of sp³-hybridized carbons (Fsp3) is 0.875. The van der Waals surface area contributed by atoms with Crippen LogP contribution in [0.5, 0.6) is 0 Å². The van der Waals surface area contributed by atoms with Crippen molar-refractivity contribution in [1.82, 2.24) is 0 Å². The monoisotopic (exact) mass is 296 g/mol. The van der Waals surface area contributed by atoms with E-state index in [1.54, 1.807) is 5.57 Å². The molecule has 0 aromatic heterocycles. The molecule has 0 saturated carbocycles. The Morgan fingerprint density at radius 1 is 0.895 bits per heavy atom. The van der Waals surface area contributed by atoms with Crippen molar-refractivity contribution >= 4 is 22.6 Å². The van der Waals surface area contributed by atoms with Gasteiger partial charge in [0.15, 0.2) is 0 Å². The molecule has 1 heterocycles. The maximum atomic E-state index is 6.28. The average Bonchev–Trinajstić information content (AvgIpc) is 2.30. The maximum Gasteiger partial charge on any atom is 0.490 e. The third-order valence-corrected chi connectivity index (χ3v) is 12.1. The van der Waals surface area contributed by atoms with Crippen molar-refractivity contribution in [2.75, 3.05) is 6.61 Å². The number of hydrogen-bond acceptors (Lipinski definition) is 1. The van der Waals surface area contributed by atoms with E-state index in [0.717, 1.165) is 6.61 Å². The molecule has 0 aromatic carbocycles. The summed E-state index contributed by atoms with van der Waals surface area (Å²) in [5, 5.41) is 0. The molecule has 0 bridgehead atoms. The van der Waals surface area contributed by atoms with Gasteiger partial charge < -0.3 is 3.79 Å². The molecular weight excluding hydrogens is 263 g/mol. The molecule has 0 fully saturated rings. The molecule has 0 amide bonds. The highest BCUT2D eigenvalue weighted by atomic mass is 28.3. The zero-order valence-electron chi connectivity index (χ0n) is 13.8. The Labute approximate surface area is 126 Å². The zero-order chi connectivity index (χ0) is 14.3. The Balaban J connectivity index is 2.79. The highest BCUT2D eigenvalue weighted by Crippen LogP contribution is 2.26. The number of rotatable bonds is 1. The zero-order valence-corrected chi connectivity index (χ0v) is 16.0. The molecule has 1 nitrogen and oxygen atoms in total. The molecule has 110 valence electrons. The van der Waals surface area contributed by atoms with Crippen LogP contribution in [0.3, 0.4) is 0 Å². The lowest BCUT2D eigenvalue weighted by Gasteiger charge is -2.27. The minimum atomic E-state index is -1.20. The first kappa shape index (κ1) is 17.5. The summed E-state index contributed by atoms with van der Waals surface area (Å²) in [5.41, 5.74) is 1.69. The summed E-state index contributed by atoms with van der Waals surface area (Å²) in [4.78, 5) is 0. The maximum absolute atomic E-state index is 6.28. The quantitative estimate of drug-likeness (QED) is 0.581. The van der Waals surface area contributed by atoms with Crippen LogP contribution in [0, 0.1) is 0 Å². The Morgan fingerprint density at radius 3 is 2.00 bits per heavy atom. The minimum absolute atomic E-state index is 1.01. The van der Waals surface area contributed by atoms with E-state index in [4.69, 9.17) is 3.79 Å². The summed E-state index contributed by atoms with van der Waals surface area (Å²) in [6.07, 6.45) is 11.0. The van der Waals surface area contributed by atoms with Crippen molar-refractivity contribution in [2.45, 2.75) is 83.7 Å². The van der Waals surface area contributed by atoms with Crippen LogP contribution >= 0.6 is 0 Å². The Hall–Kier alpha value is 0.449. The lowest BCUT2D eigenvalue weighted by atomic mass is 10.1. The van der Waals surface area contributed by atoms with Crippen LogP contribution in [0.25, 0.3) is 0 Å². The molecule has 0 aromatic rings. The van der Waals surface area contributed by atoms with E-state index in [-0.39, 0.29) is 0 Å². The van der Waals surface area contributed by atoms with E-state index in [1.807, 2.05) is 4.06 Å². The lowest BCUT2D eigenvalue weighted by Crippen LogP contribution is -2.36. The van der Waals surface area contributed by atoms with Gasteiger partial charge >= 0.3 is 14.5 Å². The van der Waals surface area contributed by atoms with Crippen LogP contribution in [-0.2, 0) is 3.79 Å². The molecule has 0 unspecified atom stereocenters. The van der Waals surface area contributed by atoms with Crippen molar-refractivity contribution < 1.29 is 3.79 Å².